The number of hydrogen-bond acceptors (Lipinski definition) is 6. The lowest BCUT2D eigenvalue weighted by Gasteiger charge is -2.44. The topological polar surface area (TPSA) is 83.7 Å². The van der Waals surface area contributed by atoms with Gasteiger partial charge >= 0.3 is 0 Å². The Morgan fingerprint density at radius 2 is 1.80 bits per heavy atom. The second-order valence-corrected chi connectivity index (χ2v) is 11.2. The number of piperazine rings is 1. The Kier molecular flexibility index (Phi) is 7.29. The first-order chi connectivity index (χ1) is 19.4. The molecule has 2 aliphatic heterocycles. The highest BCUT2D eigenvalue weighted by Crippen LogP contribution is 2.33. The van der Waals surface area contributed by atoms with Gasteiger partial charge in [-0.05, 0) is 75.9 Å². The SMILES string of the molecule is Cc1nn(C2CCCCO2)c2nc(-c3ccc(O)cc3)cc(C(=O)N3CC(C)N(Cc4ccccc4)CC3C)c12. The zero-order valence-electron chi connectivity index (χ0n) is 23.5. The van der Waals surface area contributed by atoms with Gasteiger partial charge in [0, 0.05) is 43.9 Å². The van der Waals surface area contributed by atoms with Gasteiger partial charge in [0.05, 0.1) is 22.3 Å². The molecule has 2 aliphatic rings. The Balaban J connectivity index is 1.38. The number of rotatable bonds is 5. The zero-order chi connectivity index (χ0) is 27.8. The van der Waals surface area contributed by atoms with Crippen LogP contribution in [-0.2, 0) is 11.3 Å². The molecule has 0 aliphatic carbocycles. The molecule has 2 aromatic carbocycles. The van der Waals surface area contributed by atoms with Crippen molar-refractivity contribution in [3.8, 4) is 17.0 Å². The summed E-state index contributed by atoms with van der Waals surface area (Å²) in [6.07, 6.45) is 2.77. The summed E-state index contributed by atoms with van der Waals surface area (Å²) in [6, 6.07) is 19.6. The number of aryl methyl sites for hydroxylation is 1. The normalized spacial score (nSPS) is 22.1. The van der Waals surface area contributed by atoms with E-state index in [1.54, 1.807) is 12.1 Å². The van der Waals surface area contributed by atoms with E-state index in [0.717, 1.165) is 49.0 Å². The number of aromatic hydroxyl groups is 1. The maximum Gasteiger partial charge on any atom is 0.255 e. The summed E-state index contributed by atoms with van der Waals surface area (Å²) in [4.78, 5) is 23.9. The van der Waals surface area contributed by atoms with Crippen LogP contribution >= 0.6 is 0 Å². The molecule has 2 fully saturated rings. The average molecular weight is 540 g/mol. The molecule has 3 atom stereocenters. The molecule has 2 aromatic heterocycles. The summed E-state index contributed by atoms with van der Waals surface area (Å²) < 4.78 is 7.95. The number of phenolic OH excluding ortho intramolecular Hbond substituents is 1. The van der Waals surface area contributed by atoms with Crippen molar-refractivity contribution in [1.29, 1.82) is 0 Å². The number of benzene rings is 2. The zero-order valence-corrected chi connectivity index (χ0v) is 23.5. The van der Waals surface area contributed by atoms with E-state index in [1.165, 1.54) is 5.56 Å². The number of nitrogens with zero attached hydrogens (tertiary/aromatic N) is 5. The first kappa shape index (κ1) is 26.5. The number of amides is 1. The predicted molar refractivity (Wildman–Crippen MR) is 155 cm³/mol. The Bertz CT molecular complexity index is 1490. The first-order valence-corrected chi connectivity index (χ1v) is 14.3. The number of phenols is 1. The quantitative estimate of drug-likeness (QED) is 0.358. The fourth-order valence-electron chi connectivity index (χ4n) is 6.05. The van der Waals surface area contributed by atoms with Crippen LogP contribution in [0.4, 0.5) is 0 Å². The lowest BCUT2D eigenvalue weighted by Crippen LogP contribution is -2.57. The first-order valence-electron chi connectivity index (χ1n) is 14.3. The van der Waals surface area contributed by atoms with E-state index in [4.69, 9.17) is 14.8 Å². The summed E-state index contributed by atoms with van der Waals surface area (Å²) in [5.41, 5.74) is 4.85. The van der Waals surface area contributed by atoms with Crippen molar-refractivity contribution in [3.05, 3.63) is 77.5 Å². The molecule has 6 rings (SSSR count). The van der Waals surface area contributed by atoms with Crippen LogP contribution in [0.5, 0.6) is 5.75 Å². The van der Waals surface area contributed by atoms with Crippen molar-refractivity contribution >= 4 is 16.9 Å². The number of aromatic nitrogens is 3. The number of hydrogen-bond donors (Lipinski definition) is 1. The van der Waals surface area contributed by atoms with Crippen molar-refractivity contribution in [2.24, 2.45) is 0 Å². The Morgan fingerprint density at radius 1 is 1.02 bits per heavy atom. The van der Waals surface area contributed by atoms with Gasteiger partial charge in [-0.1, -0.05) is 30.3 Å². The van der Waals surface area contributed by atoms with E-state index >= 15 is 0 Å². The van der Waals surface area contributed by atoms with E-state index in [1.807, 2.05) is 40.8 Å². The van der Waals surface area contributed by atoms with E-state index < -0.39 is 0 Å². The van der Waals surface area contributed by atoms with Gasteiger partial charge in [-0.15, -0.1) is 0 Å². The third-order valence-electron chi connectivity index (χ3n) is 8.26. The summed E-state index contributed by atoms with van der Waals surface area (Å²) in [7, 11) is 0. The molecule has 4 heterocycles. The second-order valence-electron chi connectivity index (χ2n) is 11.2. The summed E-state index contributed by atoms with van der Waals surface area (Å²) in [5.74, 6) is 0.187. The number of pyridine rings is 1. The van der Waals surface area contributed by atoms with Crippen LogP contribution in [0.2, 0.25) is 0 Å². The van der Waals surface area contributed by atoms with Gasteiger partial charge in [0.2, 0.25) is 0 Å². The van der Waals surface area contributed by atoms with E-state index in [2.05, 4.69) is 43.0 Å². The smallest absolute Gasteiger partial charge is 0.255 e. The molecule has 8 heteroatoms. The molecule has 0 radical (unpaired) electrons. The van der Waals surface area contributed by atoms with Crippen LogP contribution in [0.25, 0.3) is 22.3 Å². The lowest BCUT2D eigenvalue weighted by atomic mass is 10.0. The minimum atomic E-state index is -0.198. The minimum Gasteiger partial charge on any atom is -0.508 e. The lowest BCUT2D eigenvalue weighted by molar-refractivity contribution is -0.0371. The van der Waals surface area contributed by atoms with Gasteiger partial charge < -0.3 is 14.7 Å². The highest BCUT2D eigenvalue weighted by molar-refractivity contribution is 6.07. The molecule has 1 N–H and O–H groups in total. The summed E-state index contributed by atoms with van der Waals surface area (Å²) in [5, 5.41) is 15.5. The average Bonchev–Trinajstić information content (AvgIpc) is 3.31. The van der Waals surface area contributed by atoms with Crippen molar-refractivity contribution in [1.82, 2.24) is 24.6 Å². The molecular weight excluding hydrogens is 502 g/mol. The largest absolute Gasteiger partial charge is 0.508 e. The van der Waals surface area contributed by atoms with Gasteiger partial charge in [0.25, 0.3) is 5.91 Å². The molecule has 1 amide bonds. The van der Waals surface area contributed by atoms with Gasteiger partial charge in [-0.25, -0.2) is 9.67 Å². The second kappa shape index (κ2) is 11.0. The standard InChI is InChI=1S/C32H37N5O3/c1-21-19-36(22(2)18-35(21)20-24-9-5-4-6-10-24)32(39)27-17-28(25-12-14-26(38)15-13-25)33-31-30(27)23(3)34-37(31)29-11-7-8-16-40-29/h4-6,9-10,12-15,17,21-22,29,38H,7-8,11,16,18-20H2,1-3H3. The van der Waals surface area contributed by atoms with Gasteiger partial charge in [-0.2, -0.15) is 5.10 Å². The minimum absolute atomic E-state index is 0.00153. The molecule has 0 spiro atoms. The van der Waals surface area contributed by atoms with E-state index in [0.29, 0.717) is 30.1 Å². The highest BCUT2D eigenvalue weighted by Gasteiger charge is 2.34. The van der Waals surface area contributed by atoms with Crippen molar-refractivity contribution in [2.45, 2.75) is 64.9 Å². The van der Waals surface area contributed by atoms with E-state index in [9.17, 15) is 9.90 Å². The molecule has 4 aromatic rings. The van der Waals surface area contributed by atoms with Crippen LogP contribution in [0.15, 0.2) is 60.7 Å². The molecule has 8 nitrogen and oxygen atoms in total. The third-order valence-corrected chi connectivity index (χ3v) is 8.26. The van der Waals surface area contributed by atoms with Crippen LogP contribution in [0, 0.1) is 6.92 Å². The molecule has 2 saturated heterocycles. The van der Waals surface area contributed by atoms with Crippen LogP contribution in [-0.4, -0.2) is 67.4 Å². The maximum atomic E-state index is 14.4. The molecule has 0 saturated carbocycles. The summed E-state index contributed by atoms with van der Waals surface area (Å²) in [6.45, 7) is 9.28. The molecule has 40 heavy (non-hydrogen) atoms. The predicted octanol–water partition coefficient (Wildman–Crippen LogP) is 5.55. The Labute approximate surface area is 235 Å². The number of ether oxygens (including phenoxy) is 1. The van der Waals surface area contributed by atoms with Crippen LogP contribution < -0.4 is 0 Å². The summed E-state index contributed by atoms with van der Waals surface area (Å²) >= 11 is 0. The van der Waals surface area contributed by atoms with Gasteiger partial charge in [-0.3, -0.25) is 9.69 Å². The van der Waals surface area contributed by atoms with Crippen molar-refractivity contribution in [2.75, 3.05) is 19.7 Å². The van der Waals surface area contributed by atoms with Gasteiger partial charge in [0.1, 0.15) is 5.75 Å². The van der Waals surface area contributed by atoms with E-state index in [-0.39, 0.29) is 30.0 Å². The molecule has 208 valence electrons. The molecule has 0 bridgehead atoms. The van der Waals surface area contributed by atoms with Crippen molar-refractivity contribution in [3.63, 3.8) is 0 Å². The van der Waals surface area contributed by atoms with Crippen molar-refractivity contribution < 1.29 is 14.6 Å². The molecular formula is C32H37N5O3. The number of fused-ring (bicyclic) bond motifs is 1. The molecule has 3 unspecified atom stereocenters. The van der Waals surface area contributed by atoms with Gasteiger partial charge in [0.15, 0.2) is 11.9 Å². The Hall–Kier alpha value is -3.75. The highest BCUT2D eigenvalue weighted by atomic mass is 16.5. The third kappa shape index (κ3) is 5.09. The number of carbonyl (C=O) groups excluding carboxylic acids is 1. The monoisotopic (exact) mass is 539 g/mol. The number of carbonyl (C=O) groups is 1. The maximum absolute atomic E-state index is 14.4. The fourth-order valence-corrected chi connectivity index (χ4v) is 6.05. The van der Waals surface area contributed by atoms with Crippen LogP contribution in [0.3, 0.4) is 0 Å². The fraction of sp³-hybridized carbons (Fsp3) is 0.406. The Morgan fingerprint density at radius 3 is 2.52 bits per heavy atom. The van der Waals surface area contributed by atoms with Crippen LogP contribution in [0.1, 0.15) is 61.0 Å².